The molecule has 0 bridgehead atoms. The van der Waals surface area contributed by atoms with Gasteiger partial charge in [-0.3, -0.25) is 9.48 Å². The first-order valence-corrected chi connectivity index (χ1v) is 5.31. The summed E-state index contributed by atoms with van der Waals surface area (Å²) in [5.41, 5.74) is 1.02. The number of aryl methyl sites for hydroxylation is 1. The Kier molecular flexibility index (Phi) is 1.67. The standard InChI is InChI=1S/C12H12N2O2/c1-14-10(12(6-7-12)11(15)16)8-4-2-3-5-9(8)13-14/h2-5H,6-7H2,1H3,(H,15,16). The monoisotopic (exact) mass is 216 g/mol. The minimum atomic E-state index is -0.735. The van der Waals surface area contributed by atoms with Crippen molar-refractivity contribution in [3.8, 4) is 0 Å². The molecule has 4 nitrogen and oxygen atoms in total. The van der Waals surface area contributed by atoms with E-state index in [0.717, 1.165) is 16.6 Å². The third-order valence-electron chi connectivity index (χ3n) is 3.35. The van der Waals surface area contributed by atoms with E-state index in [4.69, 9.17) is 0 Å². The third kappa shape index (κ3) is 1.04. The van der Waals surface area contributed by atoms with Crippen molar-refractivity contribution in [1.82, 2.24) is 9.78 Å². The van der Waals surface area contributed by atoms with Crippen LogP contribution in [-0.2, 0) is 17.3 Å². The first kappa shape index (κ1) is 9.39. The highest BCUT2D eigenvalue weighted by molar-refractivity contribution is 5.92. The van der Waals surface area contributed by atoms with Gasteiger partial charge in [-0.25, -0.2) is 0 Å². The van der Waals surface area contributed by atoms with Crippen LogP contribution in [0.25, 0.3) is 10.9 Å². The van der Waals surface area contributed by atoms with Crippen LogP contribution >= 0.6 is 0 Å². The average Bonchev–Trinajstić information content (AvgIpc) is 2.97. The van der Waals surface area contributed by atoms with Crippen molar-refractivity contribution in [3.05, 3.63) is 30.0 Å². The number of carbonyl (C=O) groups is 1. The molecule has 1 aliphatic rings. The van der Waals surface area contributed by atoms with Gasteiger partial charge in [0.2, 0.25) is 0 Å². The van der Waals surface area contributed by atoms with Gasteiger partial charge in [0.15, 0.2) is 0 Å². The quantitative estimate of drug-likeness (QED) is 0.831. The summed E-state index contributed by atoms with van der Waals surface area (Å²) in [4.78, 5) is 11.3. The minimum Gasteiger partial charge on any atom is -0.481 e. The molecule has 1 fully saturated rings. The molecule has 1 N–H and O–H groups in total. The van der Waals surface area contributed by atoms with Crippen LogP contribution in [0.4, 0.5) is 0 Å². The van der Waals surface area contributed by atoms with Gasteiger partial charge in [-0.05, 0) is 18.9 Å². The van der Waals surface area contributed by atoms with E-state index in [1.54, 1.807) is 4.68 Å². The summed E-state index contributed by atoms with van der Waals surface area (Å²) in [6.07, 6.45) is 1.43. The van der Waals surface area contributed by atoms with Gasteiger partial charge in [0.05, 0.1) is 11.2 Å². The highest BCUT2D eigenvalue weighted by Gasteiger charge is 2.54. The molecule has 82 valence electrons. The van der Waals surface area contributed by atoms with Crippen LogP contribution in [-0.4, -0.2) is 20.9 Å². The Bertz CT molecular complexity index is 582. The fourth-order valence-electron chi connectivity index (χ4n) is 2.39. The zero-order valence-corrected chi connectivity index (χ0v) is 8.97. The minimum absolute atomic E-state index is 0.690. The maximum Gasteiger partial charge on any atom is 0.315 e. The van der Waals surface area contributed by atoms with Crippen molar-refractivity contribution >= 4 is 16.9 Å². The van der Waals surface area contributed by atoms with Crippen LogP contribution in [0.1, 0.15) is 18.5 Å². The molecule has 0 unspecified atom stereocenters. The van der Waals surface area contributed by atoms with Crippen molar-refractivity contribution in [3.63, 3.8) is 0 Å². The van der Waals surface area contributed by atoms with Crippen LogP contribution < -0.4 is 0 Å². The summed E-state index contributed by atoms with van der Waals surface area (Å²) in [7, 11) is 1.82. The van der Waals surface area contributed by atoms with Crippen LogP contribution in [0.2, 0.25) is 0 Å². The smallest absolute Gasteiger partial charge is 0.315 e. The lowest BCUT2D eigenvalue weighted by atomic mass is 9.99. The average molecular weight is 216 g/mol. The second kappa shape index (κ2) is 2.84. The largest absolute Gasteiger partial charge is 0.481 e. The fraction of sp³-hybridized carbons (Fsp3) is 0.333. The molecular weight excluding hydrogens is 204 g/mol. The molecule has 2 aromatic rings. The summed E-state index contributed by atoms with van der Waals surface area (Å²) in [5, 5.41) is 14.6. The van der Waals surface area contributed by atoms with Gasteiger partial charge in [0.1, 0.15) is 5.41 Å². The fourth-order valence-corrected chi connectivity index (χ4v) is 2.39. The number of rotatable bonds is 2. The lowest BCUT2D eigenvalue weighted by molar-refractivity contribution is -0.140. The van der Waals surface area contributed by atoms with E-state index >= 15 is 0 Å². The number of nitrogens with zero attached hydrogens (tertiary/aromatic N) is 2. The molecule has 1 aliphatic carbocycles. The molecule has 3 rings (SSSR count). The molecular formula is C12H12N2O2. The second-order valence-corrected chi connectivity index (χ2v) is 4.38. The van der Waals surface area contributed by atoms with E-state index < -0.39 is 11.4 Å². The number of carboxylic acid groups (broad SMARTS) is 1. The van der Waals surface area contributed by atoms with Gasteiger partial charge in [-0.15, -0.1) is 0 Å². The zero-order valence-electron chi connectivity index (χ0n) is 8.97. The molecule has 0 saturated heterocycles. The Morgan fingerprint density at radius 1 is 1.44 bits per heavy atom. The molecule has 0 atom stereocenters. The van der Waals surface area contributed by atoms with E-state index in [-0.39, 0.29) is 0 Å². The molecule has 0 spiro atoms. The van der Waals surface area contributed by atoms with Gasteiger partial charge >= 0.3 is 5.97 Å². The number of hydrogen-bond acceptors (Lipinski definition) is 2. The van der Waals surface area contributed by atoms with Crippen molar-refractivity contribution in [1.29, 1.82) is 0 Å². The van der Waals surface area contributed by atoms with E-state index in [9.17, 15) is 9.90 Å². The maximum absolute atomic E-state index is 11.3. The molecule has 1 saturated carbocycles. The molecule has 4 heteroatoms. The lowest BCUT2D eigenvalue weighted by Gasteiger charge is -2.10. The van der Waals surface area contributed by atoms with Crippen LogP contribution in [0.15, 0.2) is 24.3 Å². The number of fused-ring (bicyclic) bond motifs is 1. The molecule has 0 aliphatic heterocycles. The van der Waals surface area contributed by atoms with Crippen molar-refractivity contribution in [2.24, 2.45) is 7.05 Å². The van der Waals surface area contributed by atoms with Gasteiger partial charge in [0.25, 0.3) is 0 Å². The number of carboxylic acids is 1. The molecule has 16 heavy (non-hydrogen) atoms. The maximum atomic E-state index is 11.3. The summed E-state index contributed by atoms with van der Waals surface area (Å²) in [6, 6.07) is 7.70. The van der Waals surface area contributed by atoms with Gasteiger partial charge < -0.3 is 5.11 Å². The highest BCUT2D eigenvalue weighted by Crippen LogP contribution is 2.50. The molecule has 0 radical (unpaired) electrons. The van der Waals surface area contributed by atoms with E-state index in [1.165, 1.54) is 0 Å². The first-order chi connectivity index (χ1) is 7.65. The number of benzene rings is 1. The van der Waals surface area contributed by atoms with E-state index in [0.29, 0.717) is 12.8 Å². The van der Waals surface area contributed by atoms with Crippen LogP contribution in [0, 0.1) is 0 Å². The number of hydrogen-bond donors (Lipinski definition) is 1. The predicted molar refractivity (Wildman–Crippen MR) is 59.3 cm³/mol. The summed E-state index contributed by atoms with van der Waals surface area (Å²) in [5.74, 6) is -0.735. The van der Waals surface area contributed by atoms with Gasteiger partial charge in [0, 0.05) is 12.4 Å². The Hall–Kier alpha value is -1.84. The summed E-state index contributed by atoms with van der Waals surface area (Å²) < 4.78 is 1.71. The normalized spacial score (nSPS) is 17.6. The van der Waals surface area contributed by atoms with Crippen molar-refractivity contribution < 1.29 is 9.90 Å². The Morgan fingerprint density at radius 3 is 2.75 bits per heavy atom. The number of aromatic nitrogens is 2. The second-order valence-electron chi connectivity index (χ2n) is 4.38. The summed E-state index contributed by atoms with van der Waals surface area (Å²) >= 11 is 0. The lowest BCUT2D eigenvalue weighted by Crippen LogP contribution is -2.23. The van der Waals surface area contributed by atoms with Crippen LogP contribution in [0.3, 0.4) is 0 Å². The van der Waals surface area contributed by atoms with Crippen molar-refractivity contribution in [2.75, 3.05) is 0 Å². The van der Waals surface area contributed by atoms with E-state index in [1.807, 2.05) is 31.3 Å². The molecule has 1 aromatic carbocycles. The SMILES string of the molecule is Cn1nc2ccccc2c1C1(C(=O)O)CC1. The number of aliphatic carboxylic acids is 1. The zero-order chi connectivity index (χ0) is 11.3. The van der Waals surface area contributed by atoms with E-state index in [2.05, 4.69) is 5.10 Å². The third-order valence-corrected chi connectivity index (χ3v) is 3.35. The Balaban J connectivity index is 2.31. The summed E-state index contributed by atoms with van der Waals surface area (Å²) in [6.45, 7) is 0. The van der Waals surface area contributed by atoms with Crippen LogP contribution in [0.5, 0.6) is 0 Å². The molecule has 1 heterocycles. The Morgan fingerprint density at radius 2 is 2.12 bits per heavy atom. The first-order valence-electron chi connectivity index (χ1n) is 5.31. The molecule has 0 amide bonds. The highest BCUT2D eigenvalue weighted by atomic mass is 16.4. The predicted octanol–water partition coefficient (Wildman–Crippen LogP) is 1.69. The van der Waals surface area contributed by atoms with Gasteiger partial charge in [-0.2, -0.15) is 5.10 Å². The van der Waals surface area contributed by atoms with Gasteiger partial charge in [-0.1, -0.05) is 18.2 Å². The van der Waals surface area contributed by atoms with Crippen molar-refractivity contribution in [2.45, 2.75) is 18.3 Å². The Labute approximate surface area is 92.5 Å². The molecule has 1 aromatic heterocycles. The topological polar surface area (TPSA) is 55.1 Å².